The average molecular weight is 246 g/mol. The Hall–Kier alpha value is -1.55. The number of hydrogen-bond donors (Lipinski definition) is 2. The lowest BCUT2D eigenvalue weighted by Gasteiger charge is -2.41. The minimum atomic E-state index is -0.808. The van der Waals surface area contributed by atoms with E-state index in [0.717, 1.165) is 6.42 Å². The molecule has 1 unspecified atom stereocenters. The number of carboxylic acid groups (broad SMARTS) is 1. The summed E-state index contributed by atoms with van der Waals surface area (Å²) in [7, 11) is 0. The molecule has 1 aliphatic carbocycles. The molecule has 2 aliphatic rings. The second-order valence-corrected chi connectivity index (χ2v) is 5.19. The lowest BCUT2D eigenvalue weighted by Crippen LogP contribution is -2.60. The number of fused-ring (bicyclic) bond motifs is 1. The molecule has 1 aliphatic heterocycles. The Morgan fingerprint density at radius 3 is 2.89 bits per heavy atom. The van der Waals surface area contributed by atoms with E-state index in [4.69, 9.17) is 5.11 Å². The maximum atomic E-state index is 10.7. The van der Waals surface area contributed by atoms with Crippen LogP contribution in [0.2, 0.25) is 0 Å². The van der Waals surface area contributed by atoms with E-state index in [-0.39, 0.29) is 0 Å². The first-order valence-corrected chi connectivity index (χ1v) is 6.56. The Morgan fingerprint density at radius 1 is 1.33 bits per heavy atom. The van der Waals surface area contributed by atoms with E-state index in [1.54, 1.807) is 0 Å². The van der Waals surface area contributed by atoms with Crippen LogP contribution in [0.25, 0.3) is 0 Å². The van der Waals surface area contributed by atoms with Crippen LogP contribution in [0.1, 0.15) is 30.0 Å². The molecule has 0 saturated carbocycles. The highest BCUT2D eigenvalue weighted by Crippen LogP contribution is 2.30. The zero-order chi connectivity index (χ0) is 12.5. The van der Waals surface area contributed by atoms with Gasteiger partial charge in [-0.15, -0.1) is 0 Å². The van der Waals surface area contributed by atoms with Gasteiger partial charge in [0.1, 0.15) is 0 Å². The van der Waals surface area contributed by atoms with Gasteiger partial charge >= 0.3 is 6.09 Å². The highest BCUT2D eigenvalue weighted by molar-refractivity contribution is 5.66. The molecule has 2 N–H and O–H groups in total. The van der Waals surface area contributed by atoms with E-state index >= 15 is 0 Å². The Labute approximate surface area is 107 Å². The molecule has 1 heterocycles. The van der Waals surface area contributed by atoms with Crippen LogP contribution in [0.15, 0.2) is 24.3 Å². The normalized spacial score (nSPS) is 23.3. The minimum absolute atomic E-state index is 0.317. The zero-order valence-corrected chi connectivity index (χ0v) is 10.3. The zero-order valence-electron chi connectivity index (χ0n) is 10.3. The van der Waals surface area contributed by atoms with Crippen LogP contribution < -0.4 is 5.32 Å². The van der Waals surface area contributed by atoms with Gasteiger partial charge in [0.25, 0.3) is 0 Å². The number of amides is 1. The van der Waals surface area contributed by atoms with Gasteiger partial charge in [-0.3, -0.25) is 0 Å². The number of hydrogen-bond acceptors (Lipinski definition) is 2. The number of benzene rings is 1. The van der Waals surface area contributed by atoms with Crippen LogP contribution in [0.4, 0.5) is 4.79 Å². The topological polar surface area (TPSA) is 52.6 Å². The van der Waals surface area contributed by atoms with Gasteiger partial charge in [0, 0.05) is 25.2 Å². The van der Waals surface area contributed by atoms with E-state index < -0.39 is 6.09 Å². The fraction of sp³-hybridized carbons (Fsp3) is 0.500. The molecule has 18 heavy (non-hydrogen) atoms. The molecule has 1 amide bonds. The van der Waals surface area contributed by atoms with Crippen molar-refractivity contribution in [3.63, 3.8) is 0 Å². The molecular formula is C14H18N2O2. The summed E-state index contributed by atoms with van der Waals surface area (Å²) in [6.07, 6.45) is 2.72. The van der Waals surface area contributed by atoms with E-state index in [1.165, 1.54) is 28.9 Å². The van der Waals surface area contributed by atoms with Crippen LogP contribution in [0.5, 0.6) is 0 Å². The van der Waals surface area contributed by atoms with Crippen molar-refractivity contribution in [3.05, 3.63) is 35.4 Å². The molecule has 3 rings (SSSR count). The Balaban J connectivity index is 1.64. The number of nitrogens with zero attached hydrogens (tertiary/aromatic N) is 1. The monoisotopic (exact) mass is 246 g/mol. The molecule has 96 valence electrons. The first-order chi connectivity index (χ1) is 8.74. The van der Waals surface area contributed by atoms with Gasteiger partial charge in [0.2, 0.25) is 0 Å². The molecule has 0 bridgehead atoms. The number of nitrogens with one attached hydrogen (secondary N) is 1. The number of likely N-dealkylation sites (tertiary alicyclic amines) is 1. The first-order valence-electron chi connectivity index (χ1n) is 6.56. The molecule has 0 radical (unpaired) electrons. The van der Waals surface area contributed by atoms with Crippen molar-refractivity contribution in [3.8, 4) is 0 Å². The van der Waals surface area contributed by atoms with E-state index in [9.17, 15) is 4.79 Å². The molecule has 1 saturated heterocycles. The van der Waals surface area contributed by atoms with Crippen molar-refractivity contribution >= 4 is 6.09 Å². The average Bonchev–Trinajstić information content (AvgIpc) is 2.33. The second kappa shape index (κ2) is 4.61. The molecule has 1 aromatic rings. The van der Waals surface area contributed by atoms with Gasteiger partial charge < -0.3 is 15.3 Å². The lowest BCUT2D eigenvalue weighted by molar-refractivity contribution is 0.0908. The van der Waals surface area contributed by atoms with Gasteiger partial charge in [-0.25, -0.2) is 4.79 Å². The predicted octanol–water partition coefficient (Wildman–Crippen LogP) is 2.02. The molecule has 4 heteroatoms. The summed E-state index contributed by atoms with van der Waals surface area (Å²) in [5.74, 6) is 0. The summed E-state index contributed by atoms with van der Waals surface area (Å²) in [5, 5.41) is 12.4. The highest BCUT2D eigenvalue weighted by Gasteiger charge is 2.32. The largest absolute Gasteiger partial charge is 0.465 e. The Morgan fingerprint density at radius 2 is 2.11 bits per heavy atom. The summed E-state index contributed by atoms with van der Waals surface area (Å²) >= 11 is 0. The molecule has 1 aromatic carbocycles. The van der Waals surface area contributed by atoms with Gasteiger partial charge in [0.05, 0.1) is 0 Å². The summed E-state index contributed by atoms with van der Waals surface area (Å²) in [6.45, 7) is 1.24. The van der Waals surface area contributed by atoms with Crippen molar-refractivity contribution in [1.29, 1.82) is 0 Å². The molecule has 0 spiro atoms. The molecule has 1 fully saturated rings. The van der Waals surface area contributed by atoms with Crippen molar-refractivity contribution in [2.45, 2.75) is 31.3 Å². The number of aryl methyl sites for hydroxylation is 1. The van der Waals surface area contributed by atoms with Gasteiger partial charge in [0.15, 0.2) is 0 Å². The van der Waals surface area contributed by atoms with Crippen LogP contribution in [0.3, 0.4) is 0 Å². The third-order valence-electron chi connectivity index (χ3n) is 3.96. The van der Waals surface area contributed by atoms with E-state index in [0.29, 0.717) is 25.2 Å². The third-order valence-corrected chi connectivity index (χ3v) is 3.96. The molecule has 1 atom stereocenters. The third kappa shape index (κ3) is 2.08. The SMILES string of the molecule is O=C(O)N1CC(NC2CCCc3ccccc32)C1. The quantitative estimate of drug-likeness (QED) is 0.839. The predicted molar refractivity (Wildman–Crippen MR) is 68.6 cm³/mol. The maximum Gasteiger partial charge on any atom is 0.407 e. The van der Waals surface area contributed by atoms with Gasteiger partial charge in [-0.1, -0.05) is 24.3 Å². The fourth-order valence-corrected chi connectivity index (χ4v) is 2.95. The van der Waals surface area contributed by atoms with E-state index in [1.807, 2.05) is 0 Å². The summed E-state index contributed by atoms with van der Waals surface area (Å²) < 4.78 is 0. The minimum Gasteiger partial charge on any atom is -0.465 e. The van der Waals surface area contributed by atoms with Gasteiger partial charge in [-0.05, 0) is 30.4 Å². The van der Waals surface area contributed by atoms with E-state index in [2.05, 4.69) is 29.6 Å². The summed E-state index contributed by atoms with van der Waals surface area (Å²) in [6, 6.07) is 9.29. The second-order valence-electron chi connectivity index (χ2n) is 5.19. The van der Waals surface area contributed by atoms with Crippen LogP contribution in [0, 0.1) is 0 Å². The molecule has 0 aromatic heterocycles. The maximum absolute atomic E-state index is 10.7. The van der Waals surface area contributed by atoms with Crippen LogP contribution >= 0.6 is 0 Å². The number of rotatable bonds is 2. The standard InChI is InChI=1S/C14H18N2O2/c17-14(18)16-8-11(9-16)15-13-7-3-5-10-4-1-2-6-12(10)13/h1-2,4,6,11,13,15H,3,5,7-9H2,(H,17,18). The van der Waals surface area contributed by atoms with Crippen LogP contribution in [-0.4, -0.2) is 35.2 Å². The van der Waals surface area contributed by atoms with Crippen LogP contribution in [-0.2, 0) is 6.42 Å². The smallest absolute Gasteiger partial charge is 0.407 e. The highest BCUT2D eigenvalue weighted by atomic mass is 16.4. The first kappa shape index (κ1) is 11.5. The van der Waals surface area contributed by atoms with Crippen molar-refractivity contribution in [2.75, 3.05) is 13.1 Å². The Bertz CT molecular complexity index is 455. The molecule has 4 nitrogen and oxygen atoms in total. The van der Waals surface area contributed by atoms with Crippen molar-refractivity contribution < 1.29 is 9.90 Å². The summed E-state index contributed by atoms with van der Waals surface area (Å²) in [5.41, 5.74) is 2.84. The fourth-order valence-electron chi connectivity index (χ4n) is 2.95. The number of carbonyl (C=O) groups is 1. The van der Waals surface area contributed by atoms with Crippen molar-refractivity contribution in [2.24, 2.45) is 0 Å². The Kier molecular flexibility index (Phi) is 2.96. The van der Waals surface area contributed by atoms with Crippen molar-refractivity contribution in [1.82, 2.24) is 10.2 Å². The lowest BCUT2D eigenvalue weighted by atomic mass is 9.87. The molecular weight excluding hydrogens is 228 g/mol. The van der Waals surface area contributed by atoms with Gasteiger partial charge in [-0.2, -0.15) is 0 Å². The summed E-state index contributed by atoms with van der Waals surface area (Å²) in [4.78, 5) is 12.2.